The molecule has 0 aliphatic carbocycles. The van der Waals surface area contributed by atoms with E-state index in [9.17, 15) is 9.59 Å². The van der Waals surface area contributed by atoms with Crippen LogP contribution in [0.2, 0.25) is 0 Å². The molecule has 0 radical (unpaired) electrons. The summed E-state index contributed by atoms with van der Waals surface area (Å²) >= 11 is 5.33. The van der Waals surface area contributed by atoms with Gasteiger partial charge >= 0.3 is 0 Å². The van der Waals surface area contributed by atoms with Crippen LogP contribution in [-0.4, -0.2) is 42.9 Å². The van der Waals surface area contributed by atoms with Crippen molar-refractivity contribution in [3.63, 3.8) is 0 Å². The predicted molar refractivity (Wildman–Crippen MR) is 91.5 cm³/mol. The van der Waals surface area contributed by atoms with E-state index in [1.807, 2.05) is 0 Å². The van der Waals surface area contributed by atoms with Crippen molar-refractivity contribution >= 4 is 47.8 Å². The van der Waals surface area contributed by atoms with Crippen molar-refractivity contribution < 1.29 is 20.0 Å². The largest absolute Gasteiger partial charge is 0.351 e. The fraction of sp³-hybridized carbons (Fsp3) is 0.545. The van der Waals surface area contributed by atoms with Crippen molar-refractivity contribution in [1.82, 2.24) is 15.4 Å². The van der Waals surface area contributed by atoms with Gasteiger partial charge in [-0.05, 0) is 18.6 Å². The van der Waals surface area contributed by atoms with Crippen molar-refractivity contribution in [2.24, 2.45) is 5.90 Å². The summed E-state index contributed by atoms with van der Waals surface area (Å²) in [6, 6.07) is 0. The van der Waals surface area contributed by atoms with Gasteiger partial charge < -0.3 is 10.2 Å². The number of hydrogen-bond donors (Lipinski definition) is 6. The third-order valence-corrected chi connectivity index (χ3v) is 3.22. The van der Waals surface area contributed by atoms with Gasteiger partial charge in [0.1, 0.15) is 0 Å². The molecule has 0 atom stereocenters. The Bertz CT molecular complexity index is 320. The summed E-state index contributed by atoms with van der Waals surface area (Å²) in [4.78, 5) is 26.8. The highest BCUT2D eigenvalue weighted by Gasteiger charge is 2.08. The van der Waals surface area contributed by atoms with Gasteiger partial charge in [0, 0.05) is 31.0 Å². The minimum atomic E-state index is -0.348. The van der Waals surface area contributed by atoms with Crippen LogP contribution in [0.1, 0.15) is 25.7 Å². The molecule has 22 heavy (non-hydrogen) atoms. The van der Waals surface area contributed by atoms with Gasteiger partial charge in [-0.25, -0.2) is 16.4 Å². The Balaban J connectivity index is -0.000000232. The van der Waals surface area contributed by atoms with E-state index in [0.717, 1.165) is 18.6 Å². The van der Waals surface area contributed by atoms with Crippen LogP contribution in [0.15, 0.2) is 18.7 Å². The second-order valence-electron chi connectivity index (χ2n) is 3.45. The number of carbonyl (C=O) groups is 2. The topological polar surface area (TPSA) is 141 Å². The number of nitrogens with two attached hydrogens (primary N) is 1. The number of halogens is 1. The van der Waals surface area contributed by atoms with Gasteiger partial charge in [-0.3, -0.25) is 14.8 Å². The number of hydroxylamine groups is 1. The van der Waals surface area contributed by atoms with Crippen molar-refractivity contribution in [3.05, 3.63) is 18.7 Å². The second-order valence-corrected chi connectivity index (χ2v) is 5.05. The Hall–Kier alpha value is -0.780. The summed E-state index contributed by atoms with van der Waals surface area (Å²) in [5.41, 5.74) is 1.53. The quantitative estimate of drug-likeness (QED) is 0.267. The monoisotopic (exact) mass is 374 g/mol. The van der Waals surface area contributed by atoms with Gasteiger partial charge in [-0.15, -0.1) is 12.4 Å². The zero-order chi connectivity index (χ0) is 16.3. The number of H-pyrrole nitrogens is 1. The van der Waals surface area contributed by atoms with Crippen LogP contribution in [0, 0.1) is 0 Å². The Morgan fingerprint density at radius 3 is 2.45 bits per heavy atom. The van der Waals surface area contributed by atoms with E-state index in [-0.39, 0.29) is 18.3 Å². The maximum atomic E-state index is 10.2. The molecule has 2 heterocycles. The van der Waals surface area contributed by atoms with E-state index in [2.05, 4.69) is 28.5 Å². The van der Waals surface area contributed by atoms with Gasteiger partial charge in [0.05, 0.1) is 6.33 Å². The van der Waals surface area contributed by atoms with E-state index in [4.69, 9.17) is 10.4 Å². The van der Waals surface area contributed by atoms with Gasteiger partial charge in [0.2, 0.25) is 5.91 Å². The van der Waals surface area contributed by atoms with Gasteiger partial charge in [0.15, 0.2) is 5.12 Å². The molecule has 1 aliphatic heterocycles. The molecular weight excluding hydrogens is 352 g/mol. The van der Waals surface area contributed by atoms with Crippen LogP contribution in [0.3, 0.4) is 0 Å². The molecule has 130 valence electrons. The van der Waals surface area contributed by atoms with Crippen LogP contribution in [0.4, 0.5) is 0 Å². The lowest BCUT2D eigenvalue weighted by Crippen LogP contribution is -2.17. The van der Waals surface area contributed by atoms with Crippen LogP contribution >= 0.6 is 36.8 Å². The Kier molecular flexibility index (Phi) is 26.7. The molecule has 1 aromatic heterocycles. The molecule has 1 fully saturated rings. The van der Waals surface area contributed by atoms with E-state index >= 15 is 0 Å². The average Bonchev–Trinajstić information content (AvgIpc) is 3.23. The highest BCUT2D eigenvalue weighted by molar-refractivity contribution is 8.14. The van der Waals surface area contributed by atoms with Crippen LogP contribution < -0.4 is 11.4 Å². The smallest absolute Gasteiger partial charge is 0.243 e. The first kappa shape index (κ1) is 26.1. The molecule has 1 aromatic rings. The second kappa shape index (κ2) is 22.5. The molecule has 0 bridgehead atoms. The zero-order valence-corrected chi connectivity index (χ0v) is 14.5. The van der Waals surface area contributed by atoms with Crippen molar-refractivity contribution in [1.29, 1.82) is 0 Å². The summed E-state index contributed by atoms with van der Waals surface area (Å²) in [6.07, 6.45) is 8.05. The molecule has 0 spiro atoms. The number of nitrogens with zero attached hydrogens (tertiary/aromatic N) is 1. The molecule has 0 saturated carbocycles. The molecule has 0 aromatic carbocycles. The molecule has 0 unspecified atom stereocenters. The average molecular weight is 375 g/mol. The SMILES string of the molecule is Cl.NO.O=C(CCCS)NO.O=C1CCCS1.c1c[nH]cn1. The van der Waals surface area contributed by atoms with Gasteiger partial charge in [-0.2, -0.15) is 12.6 Å². The fourth-order valence-electron chi connectivity index (χ4n) is 0.985. The number of hydrogen-bond acceptors (Lipinski definition) is 8. The van der Waals surface area contributed by atoms with Gasteiger partial charge in [-0.1, -0.05) is 11.8 Å². The van der Waals surface area contributed by atoms with Crippen LogP contribution in [-0.2, 0) is 9.59 Å². The molecule has 2 rings (SSSR count). The number of carbonyl (C=O) groups excluding carboxylic acids is 2. The number of thioether (sulfide) groups is 1. The minimum Gasteiger partial charge on any atom is -0.351 e. The molecule has 8 nitrogen and oxygen atoms in total. The fourth-order valence-corrected chi connectivity index (χ4v) is 1.95. The lowest BCUT2D eigenvalue weighted by Gasteiger charge is -1.92. The summed E-state index contributed by atoms with van der Waals surface area (Å²) in [6.45, 7) is 0. The predicted octanol–water partition coefficient (Wildman–Crippen LogP) is 1.41. The van der Waals surface area contributed by atoms with E-state index in [1.54, 1.807) is 18.7 Å². The third kappa shape index (κ3) is 21.5. The zero-order valence-electron chi connectivity index (χ0n) is 12.0. The number of imidazole rings is 1. The normalized spacial score (nSPS) is 11.4. The highest BCUT2D eigenvalue weighted by atomic mass is 35.5. The van der Waals surface area contributed by atoms with Crippen molar-refractivity contribution in [3.8, 4) is 0 Å². The molecule has 11 heteroatoms. The number of aromatic amines is 1. The lowest BCUT2D eigenvalue weighted by molar-refractivity contribution is -0.129. The third-order valence-electron chi connectivity index (χ3n) is 1.88. The minimum absolute atomic E-state index is 0. The summed E-state index contributed by atoms with van der Waals surface area (Å²) in [5, 5.41) is 14.8. The van der Waals surface area contributed by atoms with Crippen molar-refractivity contribution in [2.75, 3.05) is 11.5 Å². The van der Waals surface area contributed by atoms with Crippen LogP contribution in [0.5, 0.6) is 0 Å². The van der Waals surface area contributed by atoms with E-state index in [0.29, 0.717) is 23.7 Å². The van der Waals surface area contributed by atoms with E-state index in [1.165, 1.54) is 17.2 Å². The Morgan fingerprint density at radius 1 is 1.55 bits per heavy atom. The lowest BCUT2D eigenvalue weighted by atomic mass is 10.3. The first-order valence-electron chi connectivity index (χ1n) is 6.08. The first-order valence-corrected chi connectivity index (χ1v) is 7.70. The summed E-state index contributed by atoms with van der Waals surface area (Å²) < 4.78 is 0. The Labute approximate surface area is 145 Å². The number of aromatic nitrogens is 2. The van der Waals surface area contributed by atoms with Crippen LogP contribution in [0.25, 0.3) is 0 Å². The maximum absolute atomic E-state index is 10.2. The summed E-state index contributed by atoms with van der Waals surface area (Å²) in [7, 11) is 0. The molecule has 1 aliphatic rings. The van der Waals surface area contributed by atoms with E-state index < -0.39 is 0 Å². The first-order chi connectivity index (χ1) is 10.2. The maximum Gasteiger partial charge on any atom is 0.243 e. The number of thiol groups is 1. The number of amides is 1. The summed E-state index contributed by atoms with van der Waals surface area (Å²) in [5.74, 6) is 4.88. The molecule has 1 saturated heterocycles. The Morgan fingerprint density at radius 2 is 2.23 bits per heavy atom. The number of rotatable bonds is 3. The highest BCUT2D eigenvalue weighted by Crippen LogP contribution is 2.17. The molecular formula is C11H23ClN4O4S2. The number of nitrogens with one attached hydrogen (secondary N) is 2. The van der Waals surface area contributed by atoms with Crippen molar-refractivity contribution in [2.45, 2.75) is 25.7 Å². The molecule has 6 N–H and O–H groups in total. The van der Waals surface area contributed by atoms with Gasteiger partial charge in [0.25, 0.3) is 0 Å². The molecule has 1 amide bonds. The standard InChI is InChI=1S/C4H9NO2S.C4H6OS.C3H4N2.ClH.H3NO/c6-4(5-7)2-1-3-8;5-4-2-1-3-6-4;1-2-5-3-4-1;;1-2/h7-8H,1-3H2,(H,5,6);1-3H2;1-3H,(H,4,5);1H;2H,1H2.